The predicted octanol–water partition coefficient (Wildman–Crippen LogP) is 1.83. The Kier molecular flexibility index (Phi) is 3.45. The van der Waals surface area contributed by atoms with E-state index in [0.29, 0.717) is 0 Å². The normalized spacial score (nSPS) is 15.0. The molecule has 1 aromatic carbocycles. The van der Waals surface area contributed by atoms with Crippen LogP contribution in [0.5, 0.6) is 11.5 Å². The van der Waals surface area contributed by atoms with Gasteiger partial charge in [0.2, 0.25) is 0 Å². The van der Waals surface area contributed by atoms with E-state index in [2.05, 4.69) is 5.32 Å². The Morgan fingerprint density at radius 1 is 1.20 bits per heavy atom. The standard InChI is InChI=1S/C12H17NO2/c1-14-11-4-6-12(7-5-11)15-9-8-13-10-2-3-10/h4-7,10,13H,2-3,8-9H2,1H3. The number of methoxy groups -OCH3 is 1. The number of ether oxygens (including phenoxy) is 2. The van der Waals surface area contributed by atoms with Gasteiger partial charge in [-0.25, -0.2) is 0 Å². The number of nitrogens with one attached hydrogen (secondary N) is 1. The highest BCUT2D eigenvalue weighted by Gasteiger charge is 2.19. The topological polar surface area (TPSA) is 30.5 Å². The van der Waals surface area contributed by atoms with E-state index in [-0.39, 0.29) is 0 Å². The van der Waals surface area contributed by atoms with E-state index < -0.39 is 0 Å². The highest BCUT2D eigenvalue weighted by molar-refractivity contribution is 5.31. The maximum Gasteiger partial charge on any atom is 0.119 e. The molecule has 0 amide bonds. The van der Waals surface area contributed by atoms with E-state index in [0.717, 1.165) is 30.7 Å². The Morgan fingerprint density at radius 3 is 2.47 bits per heavy atom. The van der Waals surface area contributed by atoms with Crippen LogP contribution < -0.4 is 14.8 Å². The predicted molar refractivity (Wildman–Crippen MR) is 59.5 cm³/mol. The Hall–Kier alpha value is -1.22. The van der Waals surface area contributed by atoms with Crippen molar-refractivity contribution in [3.63, 3.8) is 0 Å². The van der Waals surface area contributed by atoms with E-state index in [4.69, 9.17) is 9.47 Å². The zero-order valence-electron chi connectivity index (χ0n) is 9.03. The molecule has 3 nitrogen and oxygen atoms in total. The van der Waals surface area contributed by atoms with Gasteiger partial charge in [-0.15, -0.1) is 0 Å². The van der Waals surface area contributed by atoms with Crippen molar-refractivity contribution in [1.82, 2.24) is 5.32 Å². The molecule has 0 bridgehead atoms. The lowest BCUT2D eigenvalue weighted by atomic mass is 10.3. The average molecular weight is 207 g/mol. The molecule has 3 heteroatoms. The minimum absolute atomic E-state index is 0.725. The van der Waals surface area contributed by atoms with Crippen molar-refractivity contribution in [3.05, 3.63) is 24.3 Å². The summed E-state index contributed by atoms with van der Waals surface area (Å²) >= 11 is 0. The van der Waals surface area contributed by atoms with E-state index in [1.165, 1.54) is 12.8 Å². The maximum atomic E-state index is 5.57. The molecule has 0 saturated heterocycles. The first-order valence-electron chi connectivity index (χ1n) is 5.39. The molecule has 2 rings (SSSR count). The van der Waals surface area contributed by atoms with Crippen LogP contribution in [-0.2, 0) is 0 Å². The van der Waals surface area contributed by atoms with Crippen LogP contribution in [0.1, 0.15) is 12.8 Å². The summed E-state index contributed by atoms with van der Waals surface area (Å²) < 4.78 is 10.6. The molecule has 82 valence electrons. The fraction of sp³-hybridized carbons (Fsp3) is 0.500. The molecule has 0 unspecified atom stereocenters. The van der Waals surface area contributed by atoms with Crippen molar-refractivity contribution in [3.8, 4) is 11.5 Å². The average Bonchev–Trinajstić information content (AvgIpc) is 3.09. The maximum absolute atomic E-state index is 5.57. The molecule has 1 saturated carbocycles. The van der Waals surface area contributed by atoms with Crippen LogP contribution in [0.2, 0.25) is 0 Å². The van der Waals surface area contributed by atoms with E-state index in [1.54, 1.807) is 7.11 Å². The van der Waals surface area contributed by atoms with Gasteiger partial charge in [0.15, 0.2) is 0 Å². The molecule has 1 N–H and O–H groups in total. The van der Waals surface area contributed by atoms with Crippen molar-refractivity contribution in [2.75, 3.05) is 20.3 Å². The van der Waals surface area contributed by atoms with Crippen molar-refractivity contribution in [2.45, 2.75) is 18.9 Å². The van der Waals surface area contributed by atoms with Crippen LogP contribution in [0.25, 0.3) is 0 Å². The molecule has 1 fully saturated rings. The molecule has 0 aromatic heterocycles. The second-order valence-electron chi connectivity index (χ2n) is 3.75. The highest BCUT2D eigenvalue weighted by atomic mass is 16.5. The SMILES string of the molecule is COc1ccc(OCCNC2CC2)cc1. The van der Waals surface area contributed by atoms with Crippen LogP contribution >= 0.6 is 0 Å². The van der Waals surface area contributed by atoms with E-state index in [9.17, 15) is 0 Å². The van der Waals surface area contributed by atoms with Gasteiger partial charge in [0, 0.05) is 12.6 Å². The molecule has 1 aromatic rings. The van der Waals surface area contributed by atoms with Gasteiger partial charge < -0.3 is 14.8 Å². The Balaban J connectivity index is 1.67. The molecule has 0 aliphatic heterocycles. The Bertz CT molecular complexity index is 293. The summed E-state index contributed by atoms with van der Waals surface area (Å²) in [6.45, 7) is 1.65. The van der Waals surface area contributed by atoms with Crippen molar-refractivity contribution >= 4 is 0 Å². The summed E-state index contributed by atoms with van der Waals surface area (Å²) in [7, 11) is 1.66. The van der Waals surface area contributed by atoms with Gasteiger partial charge in [-0.05, 0) is 37.1 Å². The van der Waals surface area contributed by atoms with Gasteiger partial charge in [-0.3, -0.25) is 0 Å². The second kappa shape index (κ2) is 5.03. The minimum atomic E-state index is 0.725. The smallest absolute Gasteiger partial charge is 0.119 e. The van der Waals surface area contributed by atoms with Crippen LogP contribution in [-0.4, -0.2) is 26.3 Å². The van der Waals surface area contributed by atoms with Gasteiger partial charge >= 0.3 is 0 Å². The van der Waals surface area contributed by atoms with Crippen LogP contribution in [0.15, 0.2) is 24.3 Å². The largest absolute Gasteiger partial charge is 0.497 e. The first kappa shape index (κ1) is 10.3. The molecule has 15 heavy (non-hydrogen) atoms. The molecule has 1 aliphatic carbocycles. The number of hydrogen-bond donors (Lipinski definition) is 1. The molecular weight excluding hydrogens is 190 g/mol. The summed E-state index contributed by atoms with van der Waals surface area (Å²) in [4.78, 5) is 0. The third-order valence-electron chi connectivity index (χ3n) is 2.44. The number of rotatable bonds is 6. The third-order valence-corrected chi connectivity index (χ3v) is 2.44. The monoisotopic (exact) mass is 207 g/mol. The number of hydrogen-bond acceptors (Lipinski definition) is 3. The highest BCUT2D eigenvalue weighted by Crippen LogP contribution is 2.18. The minimum Gasteiger partial charge on any atom is -0.497 e. The lowest BCUT2D eigenvalue weighted by Gasteiger charge is -2.07. The molecule has 0 atom stereocenters. The zero-order valence-corrected chi connectivity index (χ0v) is 9.03. The fourth-order valence-electron chi connectivity index (χ4n) is 1.39. The van der Waals surface area contributed by atoms with Crippen molar-refractivity contribution in [1.29, 1.82) is 0 Å². The van der Waals surface area contributed by atoms with E-state index >= 15 is 0 Å². The summed E-state index contributed by atoms with van der Waals surface area (Å²) in [5, 5.41) is 3.40. The lowest BCUT2D eigenvalue weighted by Crippen LogP contribution is -2.22. The molecular formula is C12H17NO2. The van der Waals surface area contributed by atoms with Gasteiger partial charge in [-0.2, -0.15) is 0 Å². The molecule has 1 aliphatic rings. The lowest BCUT2D eigenvalue weighted by molar-refractivity contribution is 0.312. The van der Waals surface area contributed by atoms with Gasteiger partial charge in [0.05, 0.1) is 7.11 Å². The van der Waals surface area contributed by atoms with Crippen LogP contribution in [0.4, 0.5) is 0 Å². The molecule has 0 heterocycles. The quantitative estimate of drug-likeness (QED) is 0.722. The van der Waals surface area contributed by atoms with Crippen molar-refractivity contribution in [2.24, 2.45) is 0 Å². The van der Waals surface area contributed by atoms with Crippen LogP contribution in [0, 0.1) is 0 Å². The first-order valence-corrected chi connectivity index (χ1v) is 5.39. The fourth-order valence-corrected chi connectivity index (χ4v) is 1.39. The molecule has 0 radical (unpaired) electrons. The summed E-state index contributed by atoms with van der Waals surface area (Å²) in [5.74, 6) is 1.76. The van der Waals surface area contributed by atoms with E-state index in [1.807, 2.05) is 24.3 Å². The van der Waals surface area contributed by atoms with Crippen molar-refractivity contribution < 1.29 is 9.47 Å². The van der Waals surface area contributed by atoms with Gasteiger partial charge in [-0.1, -0.05) is 0 Å². The molecule has 0 spiro atoms. The van der Waals surface area contributed by atoms with Gasteiger partial charge in [0.1, 0.15) is 18.1 Å². The third kappa shape index (κ3) is 3.44. The number of benzene rings is 1. The van der Waals surface area contributed by atoms with Gasteiger partial charge in [0.25, 0.3) is 0 Å². The second-order valence-corrected chi connectivity index (χ2v) is 3.75. The van der Waals surface area contributed by atoms with Crippen LogP contribution in [0.3, 0.4) is 0 Å². The Labute approximate surface area is 90.4 Å². The summed E-state index contributed by atoms with van der Waals surface area (Å²) in [5.41, 5.74) is 0. The summed E-state index contributed by atoms with van der Waals surface area (Å²) in [6.07, 6.45) is 2.64. The zero-order chi connectivity index (χ0) is 10.5. The first-order chi connectivity index (χ1) is 7.38. The summed E-state index contributed by atoms with van der Waals surface area (Å²) in [6, 6.07) is 8.42. The Morgan fingerprint density at radius 2 is 1.87 bits per heavy atom.